The smallest absolute Gasteiger partial charge is 0.230 e. The Hall–Kier alpha value is -1.91. The van der Waals surface area contributed by atoms with Gasteiger partial charge >= 0.3 is 0 Å². The maximum absolute atomic E-state index is 14.8. The van der Waals surface area contributed by atoms with E-state index in [0.717, 1.165) is 31.6 Å². The van der Waals surface area contributed by atoms with Gasteiger partial charge in [0.2, 0.25) is 11.7 Å². The van der Waals surface area contributed by atoms with Crippen molar-refractivity contribution in [2.75, 3.05) is 18.0 Å². The van der Waals surface area contributed by atoms with Crippen LogP contribution in [0.15, 0.2) is 16.7 Å². The van der Waals surface area contributed by atoms with Crippen molar-refractivity contribution in [3.8, 4) is 11.4 Å². The second-order valence-corrected chi connectivity index (χ2v) is 6.64. The molecule has 0 spiro atoms. The van der Waals surface area contributed by atoms with Crippen molar-refractivity contribution in [3.63, 3.8) is 0 Å². The third-order valence-corrected chi connectivity index (χ3v) is 4.73. The first-order valence-corrected chi connectivity index (χ1v) is 8.01. The quantitative estimate of drug-likeness (QED) is 0.862. The van der Waals surface area contributed by atoms with Crippen LogP contribution in [0.5, 0.6) is 0 Å². The summed E-state index contributed by atoms with van der Waals surface area (Å²) in [6.07, 6.45) is 3.35. The fourth-order valence-corrected chi connectivity index (χ4v) is 3.18. The SMILES string of the molecule is Cc1c(N2CC[C@@H](C)C2)ccc(-c2noc(C3CC3)n2)c1F. The van der Waals surface area contributed by atoms with Gasteiger partial charge in [-0.05, 0) is 44.2 Å². The van der Waals surface area contributed by atoms with Gasteiger partial charge in [0.15, 0.2) is 0 Å². The van der Waals surface area contributed by atoms with Gasteiger partial charge in [0, 0.05) is 30.3 Å². The number of hydrogen-bond acceptors (Lipinski definition) is 4. The van der Waals surface area contributed by atoms with Gasteiger partial charge in [-0.3, -0.25) is 0 Å². The van der Waals surface area contributed by atoms with E-state index in [0.29, 0.717) is 34.7 Å². The number of anilines is 1. The molecule has 0 unspecified atom stereocenters. The third-order valence-electron chi connectivity index (χ3n) is 4.73. The molecule has 5 heteroatoms. The van der Waals surface area contributed by atoms with Crippen LogP contribution in [-0.2, 0) is 0 Å². The Bertz CT molecular complexity index is 708. The Morgan fingerprint density at radius 3 is 2.77 bits per heavy atom. The highest BCUT2D eigenvalue weighted by atomic mass is 19.1. The first kappa shape index (κ1) is 13.7. The molecular weight excluding hydrogens is 281 g/mol. The molecule has 1 aliphatic carbocycles. The van der Waals surface area contributed by atoms with Crippen molar-refractivity contribution in [2.24, 2.45) is 5.92 Å². The average molecular weight is 301 g/mol. The fourth-order valence-electron chi connectivity index (χ4n) is 3.18. The molecule has 0 N–H and O–H groups in total. The van der Waals surface area contributed by atoms with Crippen LogP contribution in [0.25, 0.3) is 11.4 Å². The van der Waals surface area contributed by atoms with Crippen LogP contribution in [0, 0.1) is 18.7 Å². The maximum atomic E-state index is 14.8. The second kappa shape index (κ2) is 5.07. The fraction of sp³-hybridized carbons (Fsp3) is 0.529. The Kier molecular flexibility index (Phi) is 3.17. The summed E-state index contributed by atoms with van der Waals surface area (Å²) < 4.78 is 20.0. The zero-order valence-electron chi connectivity index (χ0n) is 13.0. The topological polar surface area (TPSA) is 42.2 Å². The number of nitrogens with zero attached hydrogens (tertiary/aromatic N) is 3. The lowest BCUT2D eigenvalue weighted by molar-refractivity contribution is 0.380. The van der Waals surface area contributed by atoms with Gasteiger partial charge in [0.1, 0.15) is 5.82 Å². The summed E-state index contributed by atoms with van der Waals surface area (Å²) >= 11 is 0. The summed E-state index contributed by atoms with van der Waals surface area (Å²) in [5.74, 6) is 1.82. The van der Waals surface area contributed by atoms with Crippen molar-refractivity contribution < 1.29 is 8.91 Å². The molecule has 2 aromatic rings. The summed E-state index contributed by atoms with van der Waals surface area (Å²) in [5, 5.41) is 3.95. The van der Waals surface area contributed by atoms with Crippen LogP contribution in [0.2, 0.25) is 0 Å². The van der Waals surface area contributed by atoms with Gasteiger partial charge in [-0.15, -0.1) is 0 Å². The van der Waals surface area contributed by atoms with E-state index in [1.807, 2.05) is 13.0 Å². The van der Waals surface area contributed by atoms with Crippen molar-refractivity contribution in [1.29, 1.82) is 0 Å². The molecule has 2 heterocycles. The summed E-state index contributed by atoms with van der Waals surface area (Å²) in [5.41, 5.74) is 2.09. The molecule has 1 aromatic heterocycles. The predicted molar refractivity (Wildman–Crippen MR) is 82.4 cm³/mol. The minimum absolute atomic E-state index is 0.236. The van der Waals surface area contributed by atoms with E-state index < -0.39 is 0 Å². The molecule has 0 amide bonds. The molecule has 22 heavy (non-hydrogen) atoms. The van der Waals surface area contributed by atoms with E-state index in [-0.39, 0.29) is 5.82 Å². The van der Waals surface area contributed by atoms with Crippen LogP contribution in [0.1, 0.15) is 43.6 Å². The van der Waals surface area contributed by atoms with E-state index in [4.69, 9.17) is 4.52 Å². The van der Waals surface area contributed by atoms with E-state index in [1.54, 1.807) is 6.07 Å². The maximum Gasteiger partial charge on any atom is 0.230 e. The van der Waals surface area contributed by atoms with Crippen molar-refractivity contribution in [1.82, 2.24) is 10.1 Å². The molecule has 2 fully saturated rings. The molecular formula is C17H20FN3O. The van der Waals surface area contributed by atoms with Gasteiger partial charge in [-0.1, -0.05) is 12.1 Å². The summed E-state index contributed by atoms with van der Waals surface area (Å²) in [6, 6.07) is 3.77. The second-order valence-electron chi connectivity index (χ2n) is 6.64. The van der Waals surface area contributed by atoms with Crippen LogP contribution in [-0.4, -0.2) is 23.2 Å². The molecule has 1 atom stereocenters. The lowest BCUT2D eigenvalue weighted by Crippen LogP contribution is -2.20. The molecule has 4 rings (SSSR count). The summed E-state index contributed by atoms with van der Waals surface area (Å²) in [4.78, 5) is 6.61. The Morgan fingerprint density at radius 2 is 2.09 bits per heavy atom. The molecule has 2 aliphatic rings. The minimum Gasteiger partial charge on any atom is -0.371 e. The molecule has 0 bridgehead atoms. The van der Waals surface area contributed by atoms with Crippen molar-refractivity contribution in [2.45, 2.75) is 39.0 Å². The van der Waals surface area contributed by atoms with Gasteiger partial charge < -0.3 is 9.42 Å². The Morgan fingerprint density at radius 1 is 1.27 bits per heavy atom. The molecule has 1 aromatic carbocycles. The first-order chi connectivity index (χ1) is 10.6. The van der Waals surface area contributed by atoms with E-state index in [9.17, 15) is 4.39 Å². The van der Waals surface area contributed by atoms with Crippen LogP contribution in [0.4, 0.5) is 10.1 Å². The molecule has 1 saturated carbocycles. The van der Waals surface area contributed by atoms with Crippen LogP contribution < -0.4 is 4.90 Å². The molecule has 1 aliphatic heterocycles. The largest absolute Gasteiger partial charge is 0.371 e. The summed E-state index contributed by atoms with van der Waals surface area (Å²) in [7, 11) is 0. The number of hydrogen-bond donors (Lipinski definition) is 0. The van der Waals surface area contributed by atoms with Gasteiger partial charge in [-0.25, -0.2) is 4.39 Å². The molecule has 1 saturated heterocycles. The van der Waals surface area contributed by atoms with Crippen molar-refractivity contribution in [3.05, 3.63) is 29.4 Å². The predicted octanol–water partition coefficient (Wildman–Crippen LogP) is 3.91. The highest BCUT2D eigenvalue weighted by Crippen LogP contribution is 2.40. The van der Waals surface area contributed by atoms with Gasteiger partial charge in [0.25, 0.3) is 0 Å². The van der Waals surface area contributed by atoms with Crippen LogP contribution >= 0.6 is 0 Å². The van der Waals surface area contributed by atoms with Gasteiger partial charge in [0.05, 0.1) is 5.56 Å². The zero-order chi connectivity index (χ0) is 15.3. The highest BCUT2D eigenvalue weighted by Gasteiger charge is 2.30. The number of aromatic nitrogens is 2. The lowest BCUT2D eigenvalue weighted by atomic mass is 10.1. The Labute approximate surface area is 129 Å². The normalized spacial score (nSPS) is 21.6. The summed E-state index contributed by atoms with van der Waals surface area (Å²) in [6.45, 7) is 6.06. The Balaban J connectivity index is 1.67. The van der Waals surface area contributed by atoms with Crippen LogP contribution in [0.3, 0.4) is 0 Å². The van der Waals surface area contributed by atoms with E-state index >= 15 is 0 Å². The monoisotopic (exact) mass is 301 g/mol. The molecule has 116 valence electrons. The average Bonchev–Trinajstić information content (AvgIpc) is 3.08. The minimum atomic E-state index is -0.236. The van der Waals surface area contributed by atoms with E-state index in [2.05, 4.69) is 22.0 Å². The zero-order valence-corrected chi connectivity index (χ0v) is 13.0. The van der Waals surface area contributed by atoms with E-state index in [1.165, 1.54) is 6.42 Å². The number of rotatable bonds is 3. The lowest BCUT2D eigenvalue weighted by Gasteiger charge is -2.21. The highest BCUT2D eigenvalue weighted by molar-refractivity contribution is 5.65. The molecule has 0 radical (unpaired) electrons. The number of halogens is 1. The third kappa shape index (κ3) is 2.28. The standard InChI is InChI=1S/C17H20FN3O/c1-10-7-8-21(9-10)14-6-5-13(15(18)11(14)2)16-19-17(22-20-16)12-3-4-12/h5-6,10,12H,3-4,7-9H2,1-2H3/t10-/m1/s1. The van der Waals surface area contributed by atoms with Crippen molar-refractivity contribution >= 4 is 5.69 Å². The molecule has 4 nitrogen and oxygen atoms in total. The number of benzene rings is 1. The van der Waals surface area contributed by atoms with Gasteiger partial charge in [-0.2, -0.15) is 4.98 Å². The first-order valence-electron chi connectivity index (χ1n) is 8.01.